The van der Waals surface area contributed by atoms with Crippen LogP contribution in [0.2, 0.25) is 0 Å². The van der Waals surface area contributed by atoms with Crippen LogP contribution >= 0.6 is 0 Å². The molecule has 0 saturated carbocycles. The molecule has 44 heavy (non-hydrogen) atoms. The minimum absolute atomic E-state index is 0.0369. The SMILES string of the molecule is COc1ccccc1N1CCN(CCOC(=O)OC2=C(C)NC(C)=C(c3nnn(C)n3)C2c2ccccc2C(F)(F)F)CC1. The summed E-state index contributed by atoms with van der Waals surface area (Å²) in [6.07, 6.45) is -5.68. The average Bonchev–Trinajstić information content (AvgIpc) is 3.43. The summed E-state index contributed by atoms with van der Waals surface area (Å²) in [6, 6.07) is 13.0. The Labute approximate surface area is 252 Å². The maximum Gasteiger partial charge on any atom is 0.513 e. The van der Waals surface area contributed by atoms with Crippen LogP contribution in [0.3, 0.4) is 0 Å². The van der Waals surface area contributed by atoms with Crippen molar-refractivity contribution in [1.29, 1.82) is 0 Å². The first kappa shape index (κ1) is 30.9. The highest BCUT2D eigenvalue weighted by Crippen LogP contribution is 2.46. The fourth-order valence-electron chi connectivity index (χ4n) is 5.58. The van der Waals surface area contributed by atoms with Gasteiger partial charge in [-0.3, -0.25) is 4.90 Å². The largest absolute Gasteiger partial charge is 0.513 e. The van der Waals surface area contributed by atoms with Crippen molar-refractivity contribution >= 4 is 17.4 Å². The summed E-state index contributed by atoms with van der Waals surface area (Å²) in [4.78, 5) is 18.6. The second kappa shape index (κ2) is 13.0. The van der Waals surface area contributed by atoms with Crippen LogP contribution in [0.1, 0.15) is 36.7 Å². The van der Waals surface area contributed by atoms with E-state index in [4.69, 9.17) is 14.2 Å². The fraction of sp³-hybridized carbons (Fsp3) is 0.400. The van der Waals surface area contributed by atoms with Gasteiger partial charge in [0.1, 0.15) is 18.1 Å². The van der Waals surface area contributed by atoms with Gasteiger partial charge >= 0.3 is 12.3 Å². The van der Waals surface area contributed by atoms with Crippen LogP contribution in [-0.4, -0.2) is 77.7 Å². The van der Waals surface area contributed by atoms with Crippen LogP contribution in [0, 0.1) is 0 Å². The molecule has 14 heteroatoms. The molecule has 2 aliphatic rings. The third-order valence-electron chi connectivity index (χ3n) is 7.64. The zero-order chi connectivity index (χ0) is 31.4. The van der Waals surface area contributed by atoms with Gasteiger partial charge in [0.15, 0.2) is 0 Å². The van der Waals surface area contributed by atoms with Crippen molar-refractivity contribution in [2.45, 2.75) is 25.9 Å². The van der Waals surface area contributed by atoms with Crippen LogP contribution in [0.4, 0.5) is 23.7 Å². The number of para-hydroxylation sites is 2. The van der Waals surface area contributed by atoms with Crippen molar-refractivity contribution in [2.75, 3.05) is 51.3 Å². The minimum Gasteiger partial charge on any atom is -0.495 e. The number of halogens is 3. The Hall–Kier alpha value is -4.59. The van der Waals surface area contributed by atoms with Crippen LogP contribution in [0.15, 0.2) is 65.7 Å². The standard InChI is InChI=1S/C30H34F3N7O4/c1-19-25(28-35-37-38(3)36-28)26(21-9-5-6-10-22(21)30(31,32)33)27(20(2)34-19)44-29(41)43-18-17-39-13-15-40(16-14-39)23-11-7-8-12-24(23)42-4/h5-12,26,34H,13-18H2,1-4H3. The number of nitrogens with zero attached hydrogens (tertiary/aromatic N) is 6. The number of hydrogen-bond donors (Lipinski definition) is 1. The highest BCUT2D eigenvalue weighted by molar-refractivity contribution is 5.76. The number of hydrogen-bond acceptors (Lipinski definition) is 10. The number of benzene rings is 2. The molecule has 0 aliphatic carbocycles. The van der Waals surface area contributed by atoms with Crippen LogP contribution in [0.25, 0.3) is 5.57 Å². The van der Waals surface area contributed by atoms with E-state index in [0.29, 0.717) is 23.5 Å². The summed E-state index contributed by atoms with van der Waals surface area (Å²) >= 11 is 0. The summed E-state index contributed by atoms with van der Waals surface area (Å²) in [5.41, 5.74) is 1.22. The number of piperazine rings is 1. The Balaban J connectivity index is 1.28. The molecule has 0 spiro atoms. The predicted molar refractivity (Wildman–Crippen MR) is 155 cm³/mol. The molecule has 2 aliphatic heterocycles. The first-order chi connectivity index (χ1) is 21.1. The second-order valence-corrected chi connectivity index (χ2v) is 10.5. The molecule has 1 saturated heterocycles. The topological polar surface area (TPSA) is 107 Å². The van der Waals surface area contributed by atoms with E-state index >= 15 is 0 Å². The first-order valence-corrected chi connectivity index (χ1v) is 14.1. The molecule has 0 amide bonds. The van der Waals surface area contributed by atoms with Crippen molar-refractivity contribution in [1.82, 2.24) is 30.4 Å². The van der Waals surface area contributed by atoms with Crippen molar-refractivity contribution in [3.05, 3.63) is 82.6 Å². The summed E-state index contributed by atoms with van der Waals surface area (Å²) in [7, 11) is 3.20. The quantitative estimate of drug-likeness (QED) is 0.364. The molecule has 3 aromatic rings. The average molecular weight is 614 g/mol. The maximum atomic E-state index is 14.2. The van der Waals surface area contributed by atoms with Gasteiger partial charge in [-0.15, -0.1) is 10.2 Å². The molecule has 1 N–H and O–H groups in total. The van der Waals surface area contributed by atoms with Gasteiger partial charge in [0, 0.05) is 44.0 Å². The number of allylic oxidation sites excluding steroid dienone is 3. The van der Waals surface area contributed by atoms with Gasteiger partial charge in [-0.05, 0) is 42.8 Å². The molecular weight excluding hydrogens is 579 g/mol. The number of methoxy groups -OCH3 is 1. The predicted octanol–water partition coefficient (Wildman–Crippen LogP) is 4.56. The number of nitrogens with one attached hydrogen (secondary N) is 1. The number of carbonyl (C=O) groups excluding carboxylic acids is 1. The van der Waals surface area contributed by atoms with Gasteiger partial charge < -0.3 is 24.4 Å². The molecule has 1 aromatic heterocycles. The molecule has 5 rings (SSSR count). The minimum atomic E-state index is -4.66. The fourth-order valence-corrected chi connectivity index (χ4v) is 5.58. The van der Waals surface area contributed by atoms with E-state index in [1.807, 2.05) is 24.3 Å². The van der Waals surface area contributed by atoms with Crippen LogP contribution < -0.4 is 15.0 Å². The number of ether oxygens (including phenoxy) is 3. The number of aryl methyl sites for hydroxylation is 1. The highest BCUT2D eigenvalue weighted by Gasteiger charge is 2.41. The molecule has 2 aromatic carbocycles. The summed E-state index contributed by atoms with van der Waals surface area (Å²) in [5, 5.41) is 15.2. The van der Waals surface area contributed by atoms with Gasteiger partial charge in [-0.1, -0.05) is 30.3 Å². The van der Waals surface area contributed by atoms with E-state index < -0.39 is 23.8 Å². The molecule has 1 atom stereocenters. The number of tetrazole rings is 1. The van der Waals surface area contributed by atoms with Crippen LogP contribution in [-0.2, 0) is 22.7 Å². The number of dihydropyridines is 1. The maximum absolute atomic E-state index is 14.2. The lowest BCUT2D eigenvalue weighted by atomic mass is 9.82. The summed E-state index contributed by atoms with van der Waals surface area (Å²) < 4.78 is 59.1. The lowest BCUT2D eigenvalue weighted by Crippen LogP contribution is -2.47. The second-order valence-electron chi connectivity index (χ2n) is 10.5. The van der Waals surface area contributed by atoms with E-state index in [2.05, 4.69) is 30.5 Å². The van der Waals surface area contributed by atoms with Gasteiger partial charge in [0.05, 0.1) is 37.0 Å². The van der Waals surface area contributed by atoms with Gasteiger partial charge in [0.2, 0.25) is 5.82 Å². The highest BCUT2D eigenvalue weighted by atomic mass is 19.4. The van der Waals surface area contributed by atoms with E-state index in [0.717, 1.165) is 43.7 Å². The van der Waals surface area contributed by atoms with Gasteiger partial charge in [-0.2, -0.15) is 18.0 Å². The zero-order valence-electron chi connectivity index (χ0n) is 24.9. The first-order valence-electron chi connectivity index (χ1n) is 14.1. The lowest BCUT2D eigenvalue weighted by Gasteiger charge is -2.36. The molecular formula is C30H34F3N7O4. The van der Waals surface area contributed by atoms with Crippen molar-refractivity contribution in [3.8, 4) is 5.75 Å². The van der Waals surface area contributed by atoms with Crippen molar-refractivity contribution < 1.29 is 32.2 Å². The van der Waals surface area contributed by atoms with E-state index in [1.165, 1.54) is 23.0 Å². The third-order valence-corrected chi connectivity index (χ3v) is 7.64. The number of rotatable bonds is 8. The van der Waals surface area contributed by atoms with E-state index in [1.54, 1.807) is 28.0 Å². The smallest absolute Gasteiger partial charge is 0.495 e. The van der Waals surface area contributed by atoms with Crippen molar-refractivity contribution in [3.63, 3.8) is 0 Å². The zero-order valence-corrected chi connectivity index (χ0v) is 24.9. The monoisotopic (exact) mass is 613 g/mol. The lowest BCUT2D eigenvalue weighted by molar-refractivity contribution is -0.138. The van der Waals surface area contributed by atoms with Crippen LogP contribution in [0.5, 0.6) is 5.75 Å². The molecule has 1 fully saturated rings. The normalized spacial score (nSPS) is 17.9. The molecule has 0 bridgehead atoms. The summed E-state index contributed by atoms with van der Waals surface area (Å²) in [5.74, 6) is -0.277. The van der Waals surface area contributed by atoms with E-state index in [-0.39, 0.29) is 23.8 Å². The van der Waals surface area contributed by atoms with E-state index in [9.17, 15) is 18.0 Å². The molecule has 234 valence electrons. The number of aromatic nitrogens is 4. The summed E-state index contributed by atoms with van der Waals surface area (Å²) in [6.45, 7) is 6.88. The van der Waals surface area contributed by atoms with Crippen molar-refractivity contribution in [2.24, 2.45) is 7.05 Å². The Morgan fingerprint density at radius 3 is 2.41 bits per heavy atom. The number of carbonyl (C=O) groups is 1. The Kier molecular flexibility index (Phi) is 9.09. The molecule has 11 nitrogen and oxygen atoms in total. The number of anilines is 1. The molecule has 1 unspecified atom stereocenters. The Morgan fingerprint density at radius 2 is 1.73 bits per heavy atom. The Morgan fingerprint density at radius 1 is 1.02 bits per heavy atom. The van der Waals surface area contributed by atoms with Gasteiger partial charge in [0.25, 0.3) is 0 Å². The molecule has 3 heterocycles. The number of alkyl halides is 3. The molecule has 0 radical (unpaired) electrons. The third kappa shape index (κ3) is 6.64. The van der Waals surface area contributed by atoms with Gasteiger partial charge in [-0.25, -0.2) is 4.79 Å². The Bertz CT molecular complexity index is 1560.